The van der Waals surface area contributed by atoms with E-state index in [1.807, 2.05) is 6.07 Å². The smallest absolute Gasteiger partial charge is 0.207 e. The summed E-state index contributed by atoms with van der Waals surface area (Å²) in [5.74, 6) is 0.308. The van der Waals surface area contributed by atoms with Crippen LogP contribution in [0, 0.1) is 17.1 Å². The first kappa shape index (κ1) is 16.0. The first-order chi connectivity index (χ1) is 11.0. The number of hydrogen-bond acceptors (Lipinski definition) is 4. The minimum Gasteiger partial charge on any atom is -0.207 e. The molecular formula is C16H13FN2O2S2. The van der Waals surface area contributed by atoms with Crippen molar-refractivity contribution in [1.82, 2.24) is 4.72 Å². The number of halogens is 1. The molecule has 0 saturated carbocycles. The number of thioether (sulfide) groups is 1. The van der Waals surface area contributed by atoms with Gasteiger partial charge in [-0.3, -0.25) is 0 Å². The zero-order valence-electron chi connectivity index (χ0n) is 12.0. The molecule has 2 aromatic rings. The number of nitrogens with zero attached hydrogens (tertiary/aromatic N) is 1. The van der Waals surface area contributed by atoms with Crippen LogP contribution in [0.2, 0.25) is 0 Å². The van der Waals surface area contributed by atoms with Crippen molar-refractivity contribution < 1.29 is 12.8 Å². The van der Waals surface area contributed by atoms with Crippen molar-refractivity contribution in [1.29, 1.82) is 5.26 Å². The molecule has 0 aliphatic carbocycles. The van der Waals surface area contributed by atoms with Gasteiger partial charge in [-0.1, -0.05) is 18.2 Å². The lowest BCUT2D eigenvalue weighted by molar-refractivity contribution is 0.533. The third-order valence-electron chi connectivity index (χ3n) is 3.60. The summed E-state index contributed by atoms with van der Waals surface area (Å²) in [6.07, 6.45) is 0.582. The van der Waals surface area contributed by atoms with E-state index in [1.54, 1.807) is 18.2 Å². The van der Waals surface area contributed by atoms with Crippen LogP contribution < -0.4 is 4.72 Å². The molecule has 0 saturated heterocycles. The number of benzene rings is 2. The van der Waals surface area contributed by atoms with E-state index in [0.717, 1.165) is 0 Å². The predicted octanol–water partition coefficient (Wildman–Crippen LogP) is 3.21. The highest BCUT2D eigenvalue weighted by Crippen LogP contribution is 2.38. The molecule has 7 heteroatoms. The lowest BCUT2D eigenvalue weighted by atomic mass is 10.0. The lowest BCUT2D eigenvalue weighted by Gasteiger charge is -2.26. The highest BCUT2D eigenvalue weighted by Gasteiger charge is 2.27. The van der Waals surface area contributed by atoms with Crippen molar-refractivity contribution in [2.24, 2.45) is 0 Å². The maximum atomic E-state index is 13.9. The minimum absolute atomic E-state index is 0.0349. The van der Waals surface area contributed by atoms with Gasteiger partial charge >= 0.3 is 0 Å². The van der Waals surface area contributed by atoms with Crippen molar-refractivity contribution >= 4 is 21.8 Å². The molecule has 23 heavy (non-hydrogen) atoms. The van der Waals surface area contributed by atoms with Crippen LogP contribution in [0.25, 0.3) is 0 Å². The number of fused-ring (bicyclic) bond motifs is 1. The van der Waals surface area contributed by atoms with Crippen LogP contribution in [0.3, 0.4) is 0 Å². The van der Waals surface area contributed by atoms with Gasteiger partial charge in [0.05, 0.1) is 16.5 Å². The summed E-state index contributed by atoms with van der Waals surface area (Å²) in [4.78, 5) is 0.532. The SMILES string of the molecule is N#Cc1cccc(S(=O)(=O)NC2CCSc3c(F)cccc32)c1. The van der Waals surface area contributed by atoms with Crippen LogP contribution in [-0.2, 0) is 10.0 Å². The lowest BCUT2D eigenvalue weighted by Crippen LogP contribution is -2.31. The van der Waals surface area contributed by atoms with E-state index in [-0.39, 0.29) is 16.3 Å². The molecule has 0 aromatic heterocycles. The van der Waals surface area contributed by atoms with Gasteiger partial charge < -0.3 is 0 Å². The van der Waals surface area contributed by atoms with Gasteiger partial charge in [0.15, 0.2) is 0 Å². The van der Waals surface area contributed by atoms with Crippen molar-refractivity contribution in [3.63, 3.8) is 0 Å². The molecule has 1 aliphatic heterocycles. The maximum absolute atomic E-state index is 13.9. The first-order valence-electron chi connectivity index (χ1n) is 6.95. The Labute approximate surface area is 138 Å². The Kier molecular flexibility index (Phi) is 4.39. The van der Waals surface area contributed by atoms with Gasteiger partial charge in [-0.15, -0.1) is 11.8 Å². The van der Waals surface area contributed by atoms with E-state index >= 15 is 0 Å². The van der Waals surface area contributed by atoms with Crippen LogP contribution in [0.1, 0.15) is 23.6 Å². The van der Waals surface area contributed by atoms with Crippen LogP contribution in [0.15, 0.2) is 52.3 Å². The average Bonchev–Trinajstić information content (AvgIpc) is 2.56. The van der Waals surface area contributed by atoms with E-state index in [1.165, 1.54) is 36.0 Å². The maximum Gasteiger partial charge on any atom is 0.241 e. The van der Waals surface area contributed by atoms with Crippen molar-refractivity contribution in [2.75, 3.05) is 5.75 Å². The first-order valence-corrected chi connectivity index (χ1v) is 9.42. The summed E-state index contributed by atoms with van der Waals surface area (Å²) in [6, 6.07) is 12.0. The number of nitrogens with one attached hydrogen (secondary N) is 1. The fourth-order valence-corrected chi connectivity index (χ4v) is 4.93. The van der Waals surface area contributed by atoms with E-state index in [0.29, 0.717) is 22.6 Å². The van der Waals surface area contributed by atoms with E-state index in [9.17, 15) is 12.8 Å². The Hall–Kier alpha value is -1.88. The van der Waals surface area contributed by atoms with Gasteiger partial charge in [-0.25, -0.2) is 17.5 Å². The average molecular weight is 348 g/mol. The van der Waals surface area contributed by atoms with Crippen LogP contribution in [0.5, 0.6) is 0 Å². The van der Waals surface area contributed by atoms with Gasteiger partial charge in [0.1, 0.15) is 5.82 Å². The predicted molar refractivity (Wildman–Crippen MR) is 86.0 cm³/mol. The van der Waals surface area contributed by atoms with Crippen molar-refractivity contribution in [3.8, 4) is 6.07 Å². The quantitative estimate of drug-likeness (QED) is 0.925. The fourth-order valence-electron chi connectivity index (χ4n) is 2.50. The summed E-state index contributed by atoms with van der Waals surface area (Å²) >= 11 is 1.39. The monoisotopic (exact) mass is 348 g/mol. The molecule has 3 rings (SSSR count). The second kappa shape index (κ2) is 6.32. The molecular weight excluding hydrogens is 335 g/mol. The van der Waals surface area contributed by atoms with Gasteiger partial charge in [-0.2, -0.15) is 5.26 Å². The molecule has 118 valence electrons. The van der Waals surface area contributed by atoms with E-state index < -0.39 is 16.1 Å². The van der Waals surface area contributed by atoms with Gasteiger partial charge in [0.2, 0.25) is 10.0 Å². The molecule has 1 heterocycles. The summed E-state index contributed by atoms with van der Waals surface area (Å²) in [6.45, 7) is 0. The molecule has 1 aliphatic rings. The van der Waals surface area contributed by atoms with E-state index in [4.69, 9.17) is 5.26 Å². The van der Waals surface area contributed by atoms with Crippen molar-refractivity contribution in [2.45, 2.75) is 22.3 Å². The summed E-state index contributed by atoms with van der Waals surface area (Å²) in [5, 5.41) is 8.90. The topological polar surface area (TPSA) is 70.0 Å². The standard InChI is InChI=1S/C16H13FN2O2S2/c17-14-6-2-5-13-15(7-8-22-16(13)14)19-23(20,21)12-4-1-3-11(9-12)10-18/h1-6,9,15,19H,7-8H2. The Balaban J connectivity index is 1.94. The number of sulfonamides is 1. The molecule has 0 fully saturated rings. The van der Waals surface area contributed by atoms with Crippen LogP contribution in [0.4, 0.5) is 4.39 Å². The fraction of sp³-hybridized carbons (Fsp3) is 0.188. The van der Waals surface area contributed by atoms with Crippen LogP contribution in [-0.4, -0.2) is 14.2 Å². The summed E-state index contributed by atoms with van der Waals surface area (Å²) < 4.78 is 41.6. The molecule has 0 amide bonds. The van der Waals surface area contributed by atoms with Crippen LogP contribution >= 0.6 is 11.8 Å². The minimum atomic E-state index is -3.78. The molecule has 1 atom stereocenters. The van der Waals surface area contributed by atoms with Gasteiger partial charge in [0, 0.05) is 10.9 Å². The van der Waals surface area contributed by atoms with Crippen molar-refractivity contribution in [3.05, 3.63) is 59.4 Å². The normalized spacial score (nSPS) is 17.3. The van der Waals surface area contributed by atoms with Gasteiger partial charge in [0.25, 0.3) is 0 Å². The third-order valence-corrected chi connectivity index (χ3v) is 6.23. The number of rotatable bonds is 3. The highest BCUT2D eigenvalue weighted by molar-refractivity contribution is 7.99. The van der Waals surface area contributed by atoms with Gasteiger partial charge in [-0.05, 0) is 42.0 Å². The zero-order chi connectivity index (χ0) is 16.4. The third kappa shape index (κ3) is 3.24. The zero-order valence-corrected chi connectivity index (χ0v) is 13.6. The summed E-state index contributed by atoms with van der Waals surface area (Å²) in [7, 11) is -3.78. The molecule has 1 N–H and O–H groups in total. The molecule has 4 nitrogen and oxygen atoms in total. The molecule has 1 unspecified atom stereocenters. The molecule has 0 bridgehead atoms. The summed E-state index contributed by atoms with van der Waals surface area (Å²) in [5.41, 5.74) is 0.930. The second-order valence-corrected chi connectivity index (χ2v) is 7.93. The molecule has 0 radical (unpaired) electrons. The molecule has 2 aromatic carbocycles. The molecule has 0 spiro atoms. The Morgan fingerprint density at radius 1 is 1.26 bits per heavy atom. The Morgan fingerprint density at radius 2 is 2.04 bits per heavy atom. The Bertz CT molecular complexity index is 891. The largest absolute Gasteiger partial charge is 0.241 e. The number of nitriles is 1. The van der Waals surface area contributed by atoms with E-state index in [2.05, 4.69) is 4.72 Å². The highest BCUT2D eigenvalue weighted by atomic mass is 32.2. The second-order valence-electron chi connectivity index (χ2n) is 5.11. The Morgan fingerprint density at radius 3 is 2.83 bits per heavy atom. The number of hydrogen-bond donors (Lipinski definition) is 1.